The zero-order valence-corrected chi connectivity index (χ0v) is 9.42. The molecule has 0 aliphatic heterocycles. The molecule has 0 atom stereocenters. The summed E-state index contributed by atoms with van der Waals surface area (Å²) < 4.78 is 17.6. The Morgan fingerprint density at radius 3 is 2.68 bits per heavy atom. The summed E-state index contributed by atoms with van der Waals surface area (Å²) in [6, 6.07) is 5.86. The molecule has 1 aromatic heterocycles. The number of carbonyl (C=O) groups excluding carboxylic acids is 1. The number of amides is 1. The third-order valence-electron chi connectivity index (χ3n) is 2.25. The normalized spacial score (nSPS) is 10.2. The van der Waals surface area contributed by atoms with Crippen LogP contribution in [0.5, 0.6) is 0 Å². The predicted octanol–water partition coefficient (Wildman–Crippen LogP) is 2.16. The number of nitrogens with two attached hydrogens (primary N) is 1. The Kier molecular flexibility index (Phi) is 3.15. The van der Waals surface area contributed by atoms with E-state index in [1.807, 2.05) is 0 Å². The molecular weight excluding hydrogens is 257 g/mol. The van der Waals surface area contributed by atoms with Gasteiger partial charge in [0.25, 0.3) is 5.91 Å². The van der Waals surface area contributed by atoms with Crippen LogP contribution in [0.25, 0.3) is 0 Å². The standard InChI is InChI=1S/C11H8FN3O4/c12-7-2-1-6(5-8(7)13)14-11(16)9-3-4-10(19-9)15(17)18/h1-5H,13H2,(H,14,16). The van der Waals surface area contributed by atoms with Crippen molar-refractivity contribution in [2.45, 2.75) is 0 Å². The Morgan fingerprint density at radius 1 is 1.37 bits per heavy atom. The molecule has 0 bridgehead atoms. The van der Waals surface area contributed by atoms with Gasteiger partial charge in [-0.25, -0.2) is 4.39 Å². The van der Waals surface area contributed by atoms with Crippen molar-refractivity contribution in [3.8, 4) is 0 Å². The van der Waals surface area contributed by atoms with E-state index in [4.69, 9.17) is 10.2 Å². The molecule has 0 aliphatic rings. The maximum Gasteiger partial charge on any atom is 0.433 e. The number of halogens is 1. The molecule has 1 amide bonds. The number of nitrogen functional groups attached to an aromatic ring is 1. The summed E-state index contributed by atoms with van der Waals surface area (Å²) in [4.78, 5) is 21.3. The molecule has 0 aliphatic carbocycles. The molecule has 0 spiro atoms. The van der Waals surface area contributed by atoms with Gasteiger partial charge >= 0.3 is 5.88 Å². The second-order valence-electron chi connectivity index (χ2n) is 3.59. The third kappa shape index (κ3) is 2.68. The lowest BCUT2D eigenvalue weighted by molar-refractivity contribution is -0.402. The van der Waals surface area contributed by atoms with E-state index in [9.17, 15) is 19.3 Å². The number of furan rings is 1. The zero-order chi connectivity index (χ0) is 14.0. The van der Waals surface area contributed by atoms with Crippen LogP contribution in [0.4, 0.5) is 21.6 Å². The first-order valence-corrected chi connectivity index (χ1v) is 5.08. The van der Waals surface area contributed by atoms with Gasteiger partial charge in [0.15, 0.2) is 5.76 Å². The lowest BCUT2D eigenvalue weighted by Crippen LogP contribution is -2.11. The molecule has 0 saturated carbocycles. The Morgan fingerprint density at radius 2 is 2.11 bits per heavy atom. The molecule has 19 heavy (non-hydrogen) atoms. The van der Waals surface area contributed by atoms with Crippen LogP contribution in [-0.2, 0) is 0 Å². The summed E-state index contributed by atoms with van der Waals surface area (Å²) in [5.74, 6) is -2.07. The average Bonchev–Trinajstić information content (AvgIpc) is 2.83. The highest BCUT2D eigenvalue weighted by Gasteiger charge is 2.17. The van der Waals surface area contributed by atoms with Crippen LogP contribution in [0.15, 0.2) is 34.7 Å². The van der Waals surface area contributed by atoms with Gasteiger partial charge in [0.05, 0.1) is 11.8 Å². The van der Waals surface area contributed by atoms with Gasteiger partial charge in [0.2, 0.25) is 0 Å². The van der Waals surface area contributed by atoms with Gasteiger partial charge < -0.3 is 15.5 Å². The lowest BCUT2D eigenvalue weighted by Gasteiger charge is -2.04. The average molecular weight is 265 g/mol. The molecule has 2 rings (SSSR count). The largest absolute Gasteiger partial charge is 0.433 e. The smallest absolute Gasteiger partial charge is 0.396 e. The van der Waals surface area contributed by atoms with Gasteiger partial charge in [-0.3, -0.25) is 14.9 Å². The Balaban J connectivity index is 2.15. The van der Waals surface area contributed by atoms with Gasteiger partial charge in [-0.2, -0.15) is 0 Å². The first-order chi connectivity index (χ1) is 8.97. The summed E-state index contributed by atoms with van der Waals surface area (Å²) in [6.45, 7) is 0. The van der Waals surface area contributed by atoms with Crippen molar-refractivity contribution >= 4 is 23.2 Å². The summed E-state index contributed by atoms with van der Waals surface area (Å²) in [5.41, 5.74) is 5.47. The fourth-order valence-corrected chi connectivity index (χ4v) is 1.36. The first kappa shape index (κ1) is 12.6. The number of carbonyl (C=O) groups is 1. The molecular formula is C11H8FN3O4. The molecule has 3 N–H and O–H groups in total. The summed E-state index contributed by atoms with van der Waals surface area (Å²) >= 11 is 0. The van der Waals surface area contributed by atoms with Crippen molar-refractivity contribution in [3.05, 3.63) is 52.0 Å². The molecule has 0 radical (unpaired) electrons. The lowest BCUT2D eigenvalue weighted by atomic mass is 10.2. The SMILES string of the molecule is Nc1cc(NC(=O)c2ccc([N+](=O)[O-])o2)ccc1F. The summed E-state index contributed by atoms with van der Waals surface area (Å²) in [6.07, 6.45) is 0. The molecule has 98 valence electrons. The van der Waals surface area contributed by atoms with Crippen LogP contribution in [-0.4, -0.2) is 10.8 Å². The van der Waals surface area contributed by atoms with Crippen LogP contribution in [0, 0.1) is 15.9 Å². The van der Waals surface area contributed by atoms with Crippen LogP contribution in [0.3, 0.4) is 0 Å². The topological polar surface area (TPSA) is 111 Å². The summed E-state index contributed by atoms with van der Waals surface area (Å²) in [7, 11) is 0. The van der Waals surface area contributed by atoms with Gasteiger partial charge in [0, 0.05) is 5.69 Å². The van der Waals surface area contributed by atoms with Crippen molar-refractivity contribution in [1.82, 2.24) is 0 Å². The fraction of sp³-hybridized carbons (Fsp3) is 0. The van der Waals surface area contributed by atoms with E-state index in [-0.39, 0.29) is 17.1 Å². The van der Waals surface area contributed by atoms with E-state index in [0.29, 0.717) is 0 Å². The minimum Gasteiger partial charge on any atom is -0.396 e. The minimum atomic E-state index is -0.757. The molecule has 7 nitrogen and oxygen atoms in total. The van der Waals surface area contributed by atoms with E-state index < -0.39 is 22.5 Å². The van der Waals surface area contributed by atoms with Gasteiger partial charge in [0.1, 0.15) is 10.7 Å². The quantitative estimate of drug-likeness (QED) is 0.501. The molecule has 0 saturated heterocycles. The number of rotatable bonds is 3. The van der Waals surface area contributed by atoms with Crippen molar-refractivity contribution in [2.24, 2.45) is 0 Å². The van der Waals surface area contributed by atoms with E-state index in [0.717, 1.165) is 12.1 Å². The maximum absolute atomic E-state index is 12.9. The third-order valence-corrected chi connectivity index (χ3v) is 2.25. The molecule has 2 aromatic rings. The van der Waals surface area contributed by atoms with Crippen LogP contribution in [0.1, 0.15) is 10.6 Å². The van der Waals surface area contributed by atoms with Crippen molar-refractivity contribution in [1.29, 1.82) is 0 Å². The minimum absolute atomic E-state index is 0.122. The number of anilines is 2. The highest BCUT2D eigenvalue weighted by Crippen LogP contribution is 2.19. The number of hydrogen-bond acceptors (Lipinski definition) is 5. The zero-order valence-electron chi connectivity index (χ0n) is 9.42. The van der Waals surface area contributed by atoms with Crippen molar-refractivity contribution in [2.75, 3.05) is 11.1 Å². The number of nitrogens with zero attached hydrogens (tertiary/aromatic N) is 1. The maximum atomic E-state index is 12.9. The molecule has 1 aromatic carbocycles. The van der Waals surface area contributed by atoms with Gasteiger partial charge in [-0.05, 0) is 24.3 Å². The van der Waals surface area contributed by atoms with Crippen LogP contribution >= 0.6 is 0 Å². The Hall–Kier alpha value is -2.90. The fourth-order valence-electron chi connectivity index (χ4n) is 1.36. The highest BCUT2D eigenvalue weighted by molar-refractivity contribution is 6.02. The second kappa shape index (κ2) is 4.77. The summed E-state index contributed by atoms with van der Waals surface area (Å²) in [5, 5.41) is 12.8. The van der Waals surface area contributed by atoms with Crippen LogP contribution < -0.4 is 11.1 Å². The monoisotopic (exact) mass is 265 g/mol. The van der Waals surface area contributed by atoms with Crippen molar-refractivity contribution < 1.29 is 18.5 Å². The van der Waals surface area contributed by atoms with Crippen molar-refractivity contribution in [3.63, 3.8) is 0 Å². The van der Waals surface area contributed by atoms with Gasteiger partial charge in [-0.1, -0.05) is 0 Å². The van der Waals surface area contributed by atoms with E-state index >= 15 is 0 Å². The second-order valence-corrected chi connectivity index (χ2v) is 3.59. The number of benzene rings is 1. The van der Waals surface area contributed by atoms with Crippen LogP contribution in [0.2, 0.25) is 0 Å². The molecule has 0 unspecified atom stereocenters. The molecule has 8 heteroatoms. The van der Waals surface area contributed by atoms with E-state index in [1.54, 1.807) is 0 Å². The Bertz CT molecular complexity index is 653. The molecule has 1 heterocycles. The number of hydrogen-bond donors (Lipinski definition) is 2. The van der Waals surface area contributed by atoms with Gasteiger partial charge in [-0.15, -0.1) is 0 Å². The highest BCUT2D eigenvalue weighted by atomic mass is 19.1. The number of nitro groups is 1. The van der Waals surface area contributed by atoms with E-state index in [2.05, 4.69) is 5.32 Å². The first-order valence-electron chi connectivity index (χ1n) is 5.08. The number of nitrogens with one attached hydrogen (secondary N) is 1. The van der Waals surface area contributed by atoms with E-state index in [1.165, 1.54) is 18.2 Å². The molecule has 0 fully saturated rings. The Labute approximate surface area is 106 Å². The predicted molar refractivity (Wildman–Crippen MR) is 64.1 cm³/mol.